The third-order valence-electron chi connectivity index (χ3n) is 8.49. The van der Waals surface area contributed by atoms with Crippen LogP contribution in [0.1, 0.15) is 40.9 Å². The molecular formula is C31H26N2O5. The predicted molar refractivity (Wildman–Crippen MR) is 143 cm³/mol. The van der Waals surface area contributed by atoms with Gasteiger partial charge in [-0.25, -0.2) is 0 Å². The Morgan fingerprint density at radius 2 is 1.79 bits per heavy atom. The quantitative estimate of drug-likeness (QED) is 0.520. The SMILES string of the molecule is CC(=O)[C@@H]1[C@@H](C(=O)c2ccc3c(c2)OCO3)[C@]2(C(=O)Nc3ccccc32)[C@H]2C=C(C)c3cc(C)ccc3N12. The van der Waals surface area contributed by atoms with Crippen molar-refractivity contribution in [3.63, 3.8) is 0 Å². The van der Waals surface area contributed by atoms with E-state index in [4.69, 9.17) is 9.47 Å². The molecule has 0 saturated carbocycles. The lowest BCUT2D eigenvalue weighted by molar-refractivity contribution is -0.122. The zero-order valence-corrected chi connectivity index (χ0v) is 21.3. The van der Waals surface area contributed by atoms with Gasteiger partial charge < -0.3 is 19.7 Å². The largest absolute Gasteiger partial charge is 0.454 e. The smallest absolute Gasteiger partial charge is 0.238 e. The number of amides is 1. The lowest BCUT2D eigenvalue weighted by atomic mass is 9.64. The van der Waals surface area contributed by atoms with Gasteiger partial charge in [0.1, 0.15) is 5.41 Å². The Bertz CT molecular complexity index is 1610. The van der Waals surface area contributed by atoms with E-state index < -0.39 is 23.4 Å². The number of hydrogen-bond donors (Lipinski definition) is 1. The molecule has 4 aliphatic heterocycles. The van der Waals surface area contributed by atoms with Crippen LogP contribution in [0.2, 0.25) is 0 Å². The van der Waals surface area contributed by atoms with Gasteiger partial charge in [-0.15, -0.1) is 0 Å². The van der Waals surface area contributed by atoms with Gasteiger partial charge in [-0.3, -0.25) is 14.4 Å². The fourth-order valence-corrected chi connectivity index (χ4v) is 6.93. The number of anilines is 2. The van der Waals surface area contributed by atoms with Gasteiger partial charge in [-0.2, -0.15) is 0 Å². The Morgan fingerprint density at radius 3 is 2.61 bits per heavy atom. The van der Waals surface area contributed by atoms with Crippen molar-refractivity contribution in [3.8, 4) is 11.5 Å². The van der Waals surface area contributed by atoms with Crippen LogP contribution in [0.4, 0.5) is 11.4 Å². The van der Waals surface area contributed by atoms with Crippen LogP contribution in [0.3, 0.4) is 0 Å². The molecule has 1 saturated heterocycles. The molecule has 0 bridgehead atoms. The van der Waals surface area contributed by atoms with Crippen LogP contribution in [0.25, 0.3) is 5.57 Å². The second-order valence-electron chi connectivity index (χ2n) is 10.6. The Morgan fingerprint density at radius 1 is 1.00 bits per heavy atom. The molecule has 0 aliphatic carbocycles. The fourth-order valence-electron chi connectivity index (χ4n) is 6.93. The average Bonchev–Trinajstić information content (AvgIpc) is 3.57. The predicted octanol–water partition coefficient (Wildman–Crippen LogP) is 4.68. The van der Waals surface area contributed by atoms with Crippen LogP contribution in [0, 0.1) is 12.8 Å². The Kier molecular flexibility index (Phi) is 4.68. The van der Waals surface area contributed by atoms with E-state index in [-0.39, 0.29) is 24.3 Å². The zero-order valence-electron chi connectivity index (χ0n) is 21.3. The first-order chi connectivity index (χ1) is 18.3. The number of Topliss-reactive ketones (excluding diaryl/α,β-unsaturated/α-hetero) is 2. The first-order valence-corrected chi connectivity index (χ1v) is 12.8. The van der Waals surface area contributed by atoms with Crippen molar-refractivity contribution in [2.24, 2.45) is 5.92 Å². The number of fused-ring (bicyclic) bond motifs is 7. The number of carbonyl (C=O) groups excluding carboxylic acids is 3. The van der Waals surface area contributed by atoms with E-state index in [1.807, 2.05) is 55.1 Å². The summed E-state index contributed by atoms with van der Waals surface area (Å²) in [5.41, 5.74) is 4.47. The molecule has 4 atom stereocenters. The van der Waals surface area contributed by atoms with Crippen LogP contribution >= 0.6 is 0 Å². The van der Waals surface area contributed by atoms with E-state index in [2.05, 4.69) is 17.5 Å². The number of para-hydroxylation sites is 1. The van der Waals surface area contributed by atoms with Crippen molar-refractivity contribution in [2.75, 3.05) is 17.0 Å². The molecule has 1 N–H and O–H groups in total. The first-order valence-electron chi connectivity index (χ1n) is 12.8. The monoisotopic (exact) mass is 506 g/mol. The maximum absolute atomic E-state index is 14.6. The van der Waals surface area contributed by atoms with Gasteiger partial charge in [0.25, 0.3) is 0 Å². The van der Waals surface area contributed by atoms with E-state index in [9.17, 15) is 14.4 Å². The Labute approximate surface area is 220 Å². The minimum Gasteiger partial charge on any atom is -0.454 e. The topological polar surface area (TPSA) is 84.9 Å². The summed E-state index contributed by atoms with van der Waals surface area (Å²) in [4.78, 5) is 44.4. The lowest BCUT2D eigenvalue weighted by Crippen LogP contribution is -2.51. The van der Waals surface area contributed by atoms with Gasteiger partial charge in [-0.1, -0.05) is 35.9 Å². The van der Waals surface area contributed by atoms with Crippen molar-refractivity contribution < 1.29 is 23.9 Å². The molecule has 0 radical (unpaired) electrons. The normalized spacial score (nSPS) is 26.0. The highest BCUT2D eigenvalue weighted by Gasteiger charge is 2.70. The van der Waals surface area contributed by atoms with Crippen LogP contribution in [0.15, 0.2) is 66.7 Å². The molecule has 38 heavy (non-hydrogen) atoms. The highest BCUT2D eigenvalue weighted by molar-refractivity contribution is 6.17. The maximum atomic E-state index is 14.6. The third-order valence-corrected chi connectivity index (χ3v) is 8.49. The molecule has 1 spiro atoms. The van der Waals surface area contributed by atoms with Crippen LogP contribution < -0.4 is 19.7 Å². The second kappa shape index (κ2) is 7.81. The Hall–Kier alpha value is -4.39. The number of aryl methyl sites for hydroxylation is 1. The van der Waals surface area contributed by atoms with Crippen molar-refractivity contribution in [2.45, 2.75) is 38.3 Å². The van der Waals surface area contributed by atoms with E-state index in [0.717, 1.165) is 28.0 Å². The van der Waals surface area contributed by atoms with Gasteiger partial charge in [0.15, 0.2) is 23.1 Å². The molecule has 0 aromatic heterocycles. The molecule has 7 rings (SSSR count). The second-order valence-corrected chi connectivity index (χ2v) is 10.6. The number of rotatable bonds is 3. The van der Waals surface area contributed by atoms with E-state index in [1.165, 1.54) is 6.92 Å². The van der Waals surface area contributed by atoms with Crippen molar-refractivity contribution in [1.82, 2.24) is 0 Å². The van der Waals surface area contributed by atoms with Crippen LogP contribution in [0.5, 0.6) is 11.5 Å². The standard InChI is InChI=1S/C31H26N2O5/c1-16-8-10-23-20(12-16)17(2)13-26-31(21-6-4-5-7-22(21)32-30(31)36)27(28(18(3)34)33(23)26)29(35)19-9-11-24-25(14-19)38-15-37-24/h4-14,26-28H,15H2,1-3H3,(H,32,36)/t26-,27+,28-,31-/m1/s1. The summed E-state index contributed by atoms with van der Waals surface area (Å²) in [7, 11) is 0. The Balaban J connectivity index is 1.52. The minimum atomic E-state index is -1.30. The van der Waals surface area contributed by atoms with E-state index >= 15 is 0 Å². The summed E-state index contributed by atoms with van der Waals surface area (Å²) in [6.45, 7) is 5.65. The number of nitrogens with one attached hydrogen (secondary N) is 1. The van der Waals surface area contributed by atoms with Crippen LogP contribution in [-0.2, 0) is 15.0 Å². The molecule has 1 fully saturated rings. The van der Waals surface area contributed by atoms with E-state index in [0.29, 0.717) is 22.7 Å². The molecule has 1 amide bonds. The molecule has 4 heterocycles. The van der Waals surface area contributed by atoms with Crippen LogP contribution in [-0.4, -0.2) is 36.4 Å². The minimum absolute atomic E-state index is 0.0856. The molecule has 7 nitrogen and oxygen atoms in total. The molecule has 3 aromatic carbocycles. The molecule has 4 aliphatic rings. The number of carbonyl (C=O) groups is 3. The van der Waals surface area contributed by atoms with Crippen molar-refractivity contribution >= 4 is 34.4 Å². The number of allylic oxidation sites excluding steroid dienone is 1. The summed E-state index contributed by atoms with van der Waals surface area (Å²) >= 11 is 0. The molecular weight excluding hydrogens is 480 g/mol. The molecule has 0 unspecified atom stereocenters. The molecule has 7 heteroatoms. The summed E-state index contributed by atoms with van der Waals surface area (Å²) in [5.74, 6) is -0.628. The number of hydrogen-bond acceptors (Lipinski definition) is 6. The van der Waals surface area contributed by atoms with Crippen molar-refractivity contribution in [1.29, 1.82) is 0 Å². The summed E-state index contributed by atoms with van der Waals surface area (Å²) < 4.78 is 11.0. The highest BCUT2D eigenvalue weighted by Crippen LogP contribution is 2.58. The third kappa shape index (κ3) is 2.81. The number of ether oxygens (including phenoxy) is 2. The number of nitrogens with zero attached hydrogens (tertiary/aromatic N) is 1. The average molecular weight is 507 g/mol. The van der Waals surface area contributed by atoms with Gasteiger partial charge in [0.05, 0.1) is 18.0 Å². The summed E-state index contributed by atoms with van der Waals surface area (Å²) in [5, 5.41) is 3.05. The summed E-state index contributed by atoms with van der Waals surface area (Å²) in [6.07, 6.45) is 2.06. The molecule has 3 aromatic rings. The zero-order chi connectivity index (χ0) is 26.3. The summed E-state index contributed by atoms with van der Waals surface area (Å²) in [6, 6.07) is 17.3. The number of ketones is 2. The first kappa shape index (κ1) is 22.8. The van der Waals surface area contributed by atoms with Gasteiger partial charge in [0.2, 0.25) is 12.7 Å². The van der Waals surface area contributed by atoms with Crippen molar-refractivity contribution in [3.05, 3.63) is 89.0 Å². The van der Waals surface area contributed by atoms with Gasteiger partial charge >= 0.3 is 0 Å². The lowest BCUT2D eigenvalue weighted by Gasteiger charge is -2.39. The van der Waals surface area contributed by atoms with E-state index in [1.54, 1.807) is 18.2 Å². The van der Waals surface area contributed by atoms with Gasteiger partial charge in [0, 0.05) is 22.5 Å². The maximum Gasteiger partial charge on any atom is 0.238 e. The number of benzene rings is 3. The molecule has 190 valence electrons. The highest BCUT2D eigenvalue weighted by atomic mass is 16.7. The fraction of sp³-hybridized carbons (Fsp3) is 0.258. The van der Waals surface area contributed by atoms with Gasteiger partial charge in [-0.05, 0) is 68.3 Å².